The molecule has 0 amide bonds. The minimum Gasteiger partial charge on any atom is -0.198 e. The number of nitrogens with zero attached hydrogens (tertiary/aromatic N) is 1. The van der Waals surface area contributed by atoms with E-state index in [1.807, 2.05) is 0 Å². The van der Waals surface area contributed by atoms with E-state index < -0.39 is 0 Å². The molecule has 0 bridgehead atoms. The average Bonchev–Trinajstić information content (AvgIpc) is 2.40. The van der Waals surface area contributed by atoms with Gasteiger partial charge in [0.1, 0.15) is 0 Å². The Hall–Kier alpha value is -0.510. The lowest BCUT2D eigenvalue weighted by Crippen LogP contribution is -2.40. The smallest absolute Gasteiger partial charge is 0.0692 e. The van der Waals surface area contributed by atoms with Crippen molar-refractivity contribution in [1.82, 2.24) is 0 Å². The number of rotatable bonds is 4. The molecule has 0 aliphatic heterocycles. The first kappa shape index (κ1) is 13.9. The molecule has 2 aliphatic carbocycles. The van der Waals surface area contributed by atoms with Gasteiger partial charge in [0, 0.05) is 0 Å². The highest BCUT2D eigenvalue weighted by Gasteiger charge is 2.47. The maximum Gasteiger partial charge on any atom is 0.0692 e. The van der Waals surface area contributed by atoms with Crippen LogP contribution >= 0.6 is 0 Å². The van der Waals surface area contributed by atoms with Gasteiger partial charge in [0.2, 0.25) is 0 Å². The maximum absolute atomic E-state index is 9.73. The number of hydrogen-bond acceptors (Lipinski definition) is 1. The lowest BCUT2D eigenvalue weighted by atomic mass is 9.55. The minimum atomic E-state index is 0.0718. The van der Waals surface area contributed by atoms with Crippen LogP contribution in [0.3, 0.4) is 0 Å². The number of fused-ring (bicyclic) bond motifs is 1. The molecule has 0 heterocycles. The van der Waals surface area contributed by atoms with Crippen LogP contribution in [0, 0.1) is 34.5 Å². The van der Waals surface area contributed by atoms with Crippen molar-refractivity contribution in [3.05, 3.63) is 0 Å². The molecule has 0 aromatic rings. The van der Waals surface area contributed by atoms with Crippen molar-refractivity contribution >= 4 is 0 Å². The van der Waals surface area contributed by atoms with Crippen molar-refractivity contribution in [2.45, 2.75) is 78.1 Å². The van der Waals surface area contributed by atoms with E-state index in [4.69, 9.17) is 0 Å². The van der Waals surface area contributed by atoms with Gasteiger partial charge in [-0.1, -0.05) is 46.0 Å². The first-order valence-corrected chi connectivity index (χ1v) is 8.15. The Morgan fingerprint density at radius 2 is 1.78 bits per heavy atom. The molecular formula is C17H29N. The first-order valence-electron chi connectivity index (χ1n) is 8.15. The van der Waals surface area contributed by atoms with Gasteiger partial charge in [-0.2, -0.15) is 5.26 Å². The average molecular weight is 247 g/mol. The zero-order valence-electron chi connectivity index (χ0n) is 12.3. The maximum atomic E-state index is 9.73. The van der Waals surface area contributed by atoms with Crippen molar-refractivity contribution in [1.29, 1.82) is 5.26 Å². The molecular weight excluding hydrogens is 218 g/mol. The van der Waals surface area contributed by atoms with E-state index in [9.17, 15) is 5.26 Å². The van der Waals surface area contributed by atoms with Crippen molar-refractivity contribution in [2.24, 2.45) is 23.2 Å². The molecule has 4 atom stereocenters. The zero-order valence-corrected chi connectivity index (χ0v) is 12.3. The summed E-state index contributed by atoms with van der Waals surface area (Å²) in [6.45, 7) is 4.58. The van der Waals surface area contributed by atoms with Crippen LogP contribution in [0.5, 0.6) is 0 Å². The van der Waals surface area contributed by atoms with Crippen LogP contribution < -0.4 is 0 Å². The quantitative estimate of drug-likeness (QED) is 0.660. The second-order valence-electron chi connectivity index (χ2n) is 6.83. The van der Waals surface area contributed by atoms with Gasteiger partial charge in [-0.05, 0) is 49.9 Å². The van der Waals surface area contributed by atoms with Crippen molar-refractivity contribution < 1.29 is 0 Å². The molecule has 0 saturated heterocycles. The lowest BCUT2D eigenvalue weighted by molar-refractivity contribution is 0.0375. The predicted octanol–water partition coefficient (Wildman–Crippen LogP) is 5.31. The van der Waals surface area contributed by atoms with Crippen LogP contribution in [0.15, 0.2) is 0 Å². The first-order chi connectivity index (χ1) is 8.74. The molecule has 4 unspecified atom stereocenters. The van der Waals surface area contributed by atoms with Gasteiger partial charge < -0.3 is 0 Å². The van der Waals surface area contributed by atoms with E-state index in [2.05, 4.69) is 19.9 Å². The van der Waals surface area contributed by atoms with Crippen LogP contribution in [0.1, 0.15) is 78.1 Å². The van der Waals surface area contributed by atoms with Crippen LogP contribution in [0.25, 0.3) is 0 Å². The van der Waals surface area contributed by atoms with Gasteiger partial charge in [-0.15, -0.1) is 0 Å². The minimum absolute atomic E-state index is 0.0718. The molecule has 2 fully saturated rings. The number of hydrogen-bond donors (Lipinski definition) is 0. The largest absolute Gasteiger partial charge is 0.198 e. The second kappa shape index (κ2) is 6.09. The highest BCUT2D eigenvalue weighted by atomic mass is 14.5. The van der Waals surface area contributed by atoms with Crippen molar-refractivity contribution in [3.8, 4) is 6.07 Å². The third-order valence-corrected chi connectivity index (χ3v) is 5.59. The molecule has 102 valence electrons. The molecule has 0 radical (unpaired) electrons. The van der Waals surface area contributed by atoms with E-state index >= 15 is 0 Å². The van der Waals surface area contributed by atoms with Gasteiger partial charge in [0.05, 0.1) is 11.5 Å². The zero-order chi connectivity index (χ0) is 13.0. The van der Waals surface area contributed by atoms with Gasteiger partial charge in [0.15, 0.2) is 0 Å². The number of nitriles is 1. The topological polar surface area (TPSA) is 23.8 Å². The van der Waals surface area contributed by atoms with E-state index in [1.54, 1.807) is 0 Å². The van der Waals surface area contributed by atoms with Crippen LogP contribution in [0.2, 0.25) is 0 Å². The molecule has 0 N–H and O–H groups in total. The van der Waals surface area contributed by atoms with Gasteiger partial charge in [0.25, 0.3) is 0 Å². The molecule has 18 heavy (non-hydrogen) atoms. The summed E-state index contributed by atoms with van der Waals surface area (Å²) < 4.78 is 0. The Bertz CT molecular complexity index is 303. The summed E-state index contributed by atoms with van der Waals surface area (Å²) in [5.41, 5.74) is 0.0718. The summed E-state index contributed by atoms with van der Waals surface area (Å²) in [5, 5.41) is 9.73. The van der Waals surface area contributed by atoms with E-state index in [1.165, 1.54) is 64.2 Å². The Morgan fingerprint density at radius 3 is 2.44 bits per heavy atom. The molecule has 1 heteroatoms. The highest BCUT2D eigenvalue weighted by molar-refractivity contribution is 5.08. The van der Waals surface area contributed by atoms with Crippen molar-refractivity contribution in [3.63, 3.8) is 0 Å². The van der Waals surface area contributed by atoms with E-state index in [0.717, 1.165) is 17.8 Å². The van der Waals surface area contributed by atoms with E-state index in [0.29, 0.717) is 0 Å². The summed E-state index contributed by atoms with van der Waals surface area (Å²) in [6.07, 6.45) is 13.1. The normalized spacial score (nSPS) is 39.9. The Balaban J connectivity index is 2.02. The summed E-state index contributed by atoms with van der Waals surface area (Å²) in [6, 6.07) is 2.77. The third kappa shape index (κ3) is 2.73. The molecule has 2 saturated carbocycles. The molecule has 0 aromatic heterocycles. The van der Waals surface area contributed by atoms with Crippen molar-refractivity contribution in [2.75, 3.05) is 0 Å². The Labute approximate surface area is 113 Å². The fourth-order valence-electron chi connectivity index (χ4n) is 4.65. The molecule has 2 rings (SSSR count). The fourth-order valence-corrected chi connectivity index (χ4v) is 4.65. The molecule has 1 nitrogen and oxygen atoms in total. The molecule has 2 aliphatic rings. The van der Waals surface area contributed by atoms with Gasteiger partial charge >= 0.3 is 0 Å². The second-order valence-corrected chi connectivity index (χ2v) is 6.83. The summed E-state index contributed by atoms with van der Waals surface area (Å²) in [4.78, 5) is 0. The predicted molar refractivity (Wildman–Crippen MR) is 76.0 cm³/mol. The monoisotopic (exact) mass is 247 g/mol. The SMILES string of the molecule is CCCC1CCC2(C#N)CC(CCC)CCC2C1. The van der Waals surface area contributed by atoms with Crippen LogP contribution in [0.4, 0.5) is 0 Å². The van der Waals surface area contributed by atoms with Crippen LogP contribution in [-0.4, -0.2) is 0 Å². The summed E-state index contributed by atoms with van der Waals surface area (Å²) >= 11 is 0. The third-order valence-electron chi connectivity index (χ3n) is 5.59. The van der Waals surface area contributed by atoms with Gasteiger partial charge in [-0.25, -0.2) is 0 Å². The van der Waals surface area contributed by atoms with Crippen LogP contribution in [-0.2, 0) is 0 Å². The fraction of sp³-hybridized carbons (Fsp3) is 0.941. The summed E-state index contributed by atoms with van der Waals surface area (Å²) in [5.74, 6) is 2.48. The standard InChI is InChI=1S/C17H29N/c1-3-5-14-9-10-17(13-18)12-15(6-4-2)7-8-16(17)11-14/h14-16H,3-12H2,1-2H3. The Kier molecular flexibility index (Phi) is 4.71. The Morgan fingerprint density at radius 1 is 1.06 bits per heavy atom. The molecule has 0 aromatic carbocycles. The lowest BCUT2D eigenvalue weighted by Gasteiger charge is -2.48. The molecule has 0 spiro atoms. The van der Waals surface area contributed by atoms with Gasteiger partial charge in [-0.3, -0.25) is 0 Å². The van der Waals surface area contributed by atoms with E-state index in [-0.39, 0.29) is 5.41 Å². The highest BCUT2D eigenvalue weighted by Crippen LogP contribution is 2.54. The summed E-state index contributed by atoms with van der Waals surface area (Å²) in [7, 11) is 0.